The lowest BCUT2D eigenvalue weighted by atomic mass is 10.0. The Morgan fingerprint density at radius 2 is 1.84 bits per heavy atom. The molecule has 2 saturated heterocycles. The first-order valence-electron chi connectivity index (χ1n) is 6.65. The Balaban J connectivity index is 1.61. The van der Waals surface area contributed by atoms with Crippen LogP contribution in [0.25, 0.3) is 6.08 Å². The zero-order valence-corrected chi connectivity index (χ0v) is 10.7. The number of fused-ring (bicyclic) bond motifs is 1. The predicted molar refractivity (Wildman–Crippen MR) is 71.9 cm³/mol. The van der Waals surface area contributed by atoms with Gasteiger partial charge in [-0.1, -0.05) is 12.1 Å². The number of carbonyl (C=O) groups excluding carboxylic acids is 1. The molecular weight excluding hydrogens is 243 g/mol. The Bertz CT molecular complexity index is 485. The Hall–Kier alpha value is -1.68. The van der Waals surface area contributed by atoms with Crippen molar-refractivity contribution in [1.29, 1.82) is 0 Å². The van der Waals surface area contributed by atoms with Crippen LogP contribution < -0.4 is 5.32 Å². The second-order valence-corrected chi connectivity index (χ2v) is 5.31. The van der Waals surface area contributed by atoms with Gasteiger partial charge in [0, 0.05) is 32.3 Å². The standard InChI is InChI=1S/C15H17FN2O/c16-14-4-1-11(2-5-14)3-6-15(19)18-9-12-7-17-8-13(12)10-18/h1-6,12-13,17H,7-10H2/b6-3+/t12-,13+. The molecule has 3 nitrogen and oxygen atoms in total. The van der Waals surface area contributed by atoms with Crippen LogP contribution in [0.1, 0.15) is 5.56 Å². The summed E-state index contributed by atoms with van der Waals surface area (Å²) in [5, 5.41) is 3.36. The van der Waals surface area contributed by atoms with E-state index in [1.165, 1.54) is 12.1 Å². The molecule has 2 fully saturated rings. The minimum atomic E-state index is -0.261. The van der Waals surface area contributed by atoms with Crippen LogP contribution in [0.3, 0.4) is 0 Å². The third kappa shape index (κ3) is 2.68. The lowest BCUT2D eigenvalue weighted by molar-refractivity contribution is -0.125. The summed E-state index contributed by atoms with van der Waals surface area (Å²) in [7, 11) is 0. The van der Waals surface area contributed by atoms with E-state index in [2.05, 4.69) is 5.32 Å². The largest absolute Gasteiger partial charge is 0.338 e. The molecule has 0 unspecified atom stereocenters. The number of benzene rings is 1. The molecule has 1 aromatic carbocycles. The molecule has 2 atom stereocenters. The molecule has 0 aromatic heterocycles. The lowest BCUT2D eigenvalue weighted by Crippen LogP contribution is -2.30. The first-order valence-corrected chi connectivity index (χ1v) is 6.65. The molecule has 1 amide bonds. The van der Waals surface area contributed by atoms with Gasteiger partial charge in [-0.3, -0.25) is 4.79 Å². The van der Waals surface area contributed by atoms with Crippen LogP contribution >= 0.6 is 0 Å². The SMILES string of the molecule is O=C(/C=C/c1ccc(F)cc1)N1C[C@H]2CNC[C@H]2C1. The molecule has 0 aliphatic carbocycles. The van der Waals surface area contributed by atoms with Crippen molar-refractivity contribution < 1.29 is 9.18 Å². The minimum Gasteiger partial charge on any atom is -0.338 e. The predicted octanol–water partition coefficient (Wildman–Crippen LogP) is 1.52. The van der Waals surface area contributed by atoms with E-state index in [4.69, 9.17) is 0 Å². The van der Waals surface area contributed by atoms with Gasteiger partial charge in [0.15, 0.2) is 0 Å². The summed E-state index contributed by atoms with van der Waals surface area (Å²) >= 11 is 0. The molecule has 4 heteroatoms. The van der Waals surface area contributed by atoms with Crippen molar-refractivity contribution in [3.63, 3.8) is 0 Å². The molecule has 100 valence electrons. The zero-order chi connectivity index (χ0) is 13.2. The van der Waals surface area contributed by atoms with Gasteiger partial charge in [0.2, 0.25) is 5.91 Å². The maximum Gasteiger partial charge on any atom is 0.246 e. The van der Waals surface area contributed by atoms with E-state index < -0.39 is 0 Å². The van der Waals surface area contributed by atoms with Crippen LogP contribution in [-0.2, 0) is 4.79 Å². The summed E-state index contributed by atoms with van der Waals surface area (Å²) in [6.45, 7) is 3.75. The number of hydrogen-bond acceptors (Lipinski definition) is 2. The molecule has 1 aromatic rings. The number of carbonyl (C=O) groups is 1. The van der Waals surface area contributed by atoms with Gasteiger partial charge in [0.05, 0.1) is 0 Å². The number of likely N-dealkylation sites (tertiary alicyclic amines) is 1. The van der Waals surface area contributed by atoms with Gasteiger partial charge < -0.3 is 10.2 Å². The third-order valence-electron chi connectivity index (χ3n) is 3.99. The van der Waals surface area contributed by atoms with Crippen molar-refractivity contribution in [3.05, 3.63) is 41.7 Å². The number of rotatable bonds is 2. The molecule has 19 heavy (non-hydrogen) atoms. The Kier molecular flexibility index (Phi) is 3.34. The van der Waals surface area contributed by atoms with Crippen LogP contribution in [0.5, 0.6) is 0 Å². The second-order valence-electron chi connectivity index (χ2n) is 5.31. The first-order chi connectivity index (χ1) is 9.22. The topological polar surface area (TPSA) is 32.3 Å². The number of hydrogen-bond donors (Lipinski definition) is 1. The molecule has 3 rings (SSSR count). The summed E-state index contributed by atoms with van der Waals surface area (Å²) in [5.74, 6) is 1.02. The van der Waals surface area contributed by atoms with Gasteiger partial charge in [-0.15, -0.1) is 0 Å². The number of amides is 1. The van der Waals surface area contributed by atoms with Crippen molar-refractivity contribution in [2.24, 2.45) is 11.8 Å². The Labute approximate surface area is 112 Å². The first kappa shape index (κ1) is 12.4. The third-order valence-corrected chi connectivity index (χ3v) is 3.99. The normalized spacial score (nSPS) is 26.1. The van der Waals surface area contributed by atoms with Crippen LogP contribution in [0.2, 0.25) is 0 Å². The maximum atomic E-state index is 12.8. The van der Waals surface area contributed by atoms with Gasteiger partial charge in [-0.25, -0.2) is 4.39 Å². The fourth-order valence-corrected chi connectivity index (χ4v) is 2.88. The van der Waals surface area contributed by atoms with Crippen molar-refractivity contribution in [1.82, 2.24) is 10.2 Å². The van der Waals surface area contributed by atoms with E-state index in [1.807, 2.05) is 4.90 Å². The smallest absolute Gasteiger partial charge is 0.246 e. The molecule has 1 N–H and O–H groups in total. The van der Waals surface area contributed by atoms with Crippen molar-refractivity contribution in [2.45, 2.75) is 0 Å². The average molecular weight is 260 g/mol. The molecule has 2 aliphatic rings. The highest BCUT2D eigenvalue weighted by Gasteiger charge is 2.37. The van der Waals surface area contributed by atoms with Crippen LogP contribution in [0.15, 0.2) is 30.3 Å². The zero-order valence-electron chi connectivity index (χ0n) is 10.7. The van der Waals surface area contributed by atoms with E-state index in [0.717, 1.165) is 31.7 Å². The number of halogens is 1. The highest BCUT2D eigenvalue weighted by molar-refractivity contribution is 5.92. The minimum absolute atomic E-state index is 0.0544. The second kappa shape index (κ2) is 5.13. The maximum absolute atomic E-state index is 12.8. The highest BCUT2D eigenvalue weighted by atomic mass is 19.1. The van der Waals surface area contributed by atoms with Gasteiger partial charge in [0.25, 0.3) is 0 Å². The molecule has 0 bridgehead atoms. The van der Waals surface area contributed by atoms with E-state index in [-0.39, 0.29) is 11.7 Å². The number of nitrogens with one attached hydrogen (secondary N) is 1. The molecular formula is C15H17FN2O. The van der Waals surface area contributed by atoms with E-state index in [0.29, 0.717) is 11.8 Å². The van der Waals surface area contributed by atoms with Crippen LogP contribution in [0, 0.1) is 17.7 Å². The summed E-state index contributed by atoms with van der Waals surface area (Å²) in [4.78, 5) is 14.0. The molecule has 0 radical (unpaired) electrons. The van der Waals surface area contributed by atoms with Gasteiger partial charge in [-0.05, 0) is 35.6 Å². The van der Waals surface area contributed by atoms with E-state index >= 15 is 0 Å². The molecule has 0 saturated carbocycles. The van der Waals surface area contributed by atoms with E-state index in [1.54, 1.807) is 24.3 Å². The van der Waals surface area contributed by atoms with Crippen molar-refractivity contribution in [3.8, 4) is 0 Å². The fourth-order valence-electron chi connectivity index (χ4n) is 2.88. The number of nitrogens with zero attached hydrogens (tertiary/aromatic N) is 1. The Morgan fingerprint density at radius 1 is 1.21 bits per heavy atom. The molecule has 2 aliphatic heterocycles. The monoisotopic (exact) mass is 260 g/mol. The summed E-state index contributed by atoms with van der Waals surface area (Å²) in [6.07, 6.45) is 3.33. The summed E-state index contributed by atoms with van der Waals surface area (Å²) in [6, 6.07) is 6.13. The molecule has 0 spiro atoms. The van der Waals surface area contributed by atoms with E-state index in [9.17, 15) is 9.18 Å². The lowest BCUT2D eigenvalue weighted by Gasteiger charge is -2.14. The molecule has 2 heterocycles. The fraction of sp³-hybridized carbons (Fsp3) is 0.400. The van der Waals surface area contributed by atoms with Gasteiger partial charge >= 0.3 is 0 Å². The van der Waals surface area contributed by atoms with Gasteiger partial charge in [0.1, 0.15) is 5.82 Å². The summed E-state index contributed by atoms with van der Waals surface area (Å²) in [5.41, 5.74) is 0.843. The van der Waals surface area contributed by atoms with Gasteiger partial charge in [-0.2, -0.15) is 0 Å². The van der Waals surface area contributed by atoms with Crippen LogP contribution in [0.4, 0.5) is 4.39 Å². The highest BCUT2D eigenvalue weighted by Crippen LogP contribution is 2.26. The van der Waals surface area contributed by atoms with Crippen LogP contribution in [-0.4, -0.2) is 37.0 Å². The Morgan fingerprint density at radius 3 is 2.47 bits per heavy atom. The summed E-state index contributed by atoms with van der Waals surface area (Å²) < 4.78 is 12.8. The van der Waals surface area contributed by atoms with Crippen molar-refractivity contribution in [2.75, 3.05) is 26.2 Å². The average Bonchev–Trinajstić information content (AvgIpc) is 2.98. The van der Waals surface area contributed by atoms with Crippen molar-refractivity contribution >= 4 is 12.0 Å². The quantitative estimate of drug-likeness (QED) is 0.818.